The summed E-state index contributed by atoms with van der Waals surface area (Å²) >= 11 is 2.98. The van der Waals surface area contributed by atoms with Crippen molar-refractivity contribution in [3.8, 4) is 0 Å². The lowest BCUT2D eigenvalue weighted by Crippen LogP contribution is -2.31. The summed E-state index contributed by atoms with van der Waals surface area (Å²) in [6, 6.07) is -0.424. The summed E-state index contributed by atoms with van der Waals surface area (Å²) in [5, 5.41) is 11.0. The molecule has 0 aliphatic heterocycles. The van der Waals surface area contributed by atoms with Crippen molar-refractivity contribution in [1.82, 2.24) is 15.3 Å². The summed E-state index contributed by atoms with van der Waals surface area (Å²) in [6.07, 6.45) is 0.908. The second-order valence-electron chi connectivity index (χ2n) is 4.42. The Bertz CT molecular complexity index is 597. The first-order valence-electron chi connectivity index (χ1n) is 6.57. The zero-order chi connectivity index (χ0) is 15.2. The molecule has 0 saturated carbocycles. The molecule has 2 rings (SSSR count). The van der Waals surface area contributed by atoms with Crippen LogP contribution < -0.4 is 10.6 Å². The Morgan fingerprint density at radius 1 is 1.38 bits per heavy atom. The van der Waals surface area contributed by atoms with Crippen LogP contribution in [0.15, 0.2) is 10.8 Å². The number of amides is 2. The van der Waals surface area contributed by atoms with Crippen molar-refractivity contribution < 1.29 is 9.53 Å². The molecule has 0 radical (unpaired) electrons. The molecular formula is C13H18N4O2S2. The Kier molecular flexibility index (Phi) is 5.66. The Morgan fingerprint density at radius 2 is 2.19 bits per heavy atom. The molecule has 6 nitrogen and oxygen atoms in total. The minimum atomic E-state index is -0.285. The van der Waals surface area contributed by atoms with Gasteiger partial charge in [0.1, 0.15) is 0 Å². The molecular weight excluding hydrogens is 308 g/mol. The van der Waals surface area contributed by atoms with E-state index in [0.717, 1.165) is 22.8 Å². The standard InChI is InChI=1S/C13H18N4O2S2/c1-4-11-16-10(7-20-11)8(2)14-12(18)17-13-15-9(5-19-3)6-21-13/h6-8H,4-5H2,1-3H3,(H2,14,15,17,18)/t8-/m0/s1. The number of carbonyl (C=O) groups excluding carboxylic acids is 1. The number of aromatic nitrogens is 2. The highest BCUT2D eigenvalue weighted by Crippen LogP contribution is 2.18. The van der Waals surface area contributed by atoms with Gasteiger partial charge in [-0.3, -0.25) is 5.32 Å². The van der Waals surface area contributed by atoms with Crippen LogP contribution in [0, 0.1) is 0 Å². The molecule has 0 aliphatic carbocycles. The lowest BCUT2D eigenvalue weighted by Gasteiger charge is -2.11. The number of hydrogen-bond acceptors (Lipinski definition) is 6. The number of nitrogens with one attached hydrogen (secondary N) is 2. The van der Waals surface area contributed by atoms with E-state index in [4.69, 9.17) is 4.74 Å². The molecule has 1 atom stereocenters. The summed E-state index contributed by atoms with van der Waals surface area (Å²) in [7, 11) is 1.61. The maximum Gasteiger partial charge on any atom is 0.321 e. The zero-order valence-electron chi connectivity index (χ0n) is 12.2. The van der Waals surface area contributed by atoms with Gasteiger partial charge in [-0.25, -0.2) is 14.8 Å². The fourth-order valence-electron chi connectivity index (χ4n) is 1.67. The highest BCUT2D eigenvalue weighted by molar-refractivity contribution is 7.13. The number of anilines is 1. The number of urea groups is 1. The van der Waals surface area contributed by atoms with Gasteiger partial charge in [0.05, 0.1) is 29.0 Å². The molecule has 8 heteroatoms. The molecule has 0 fully saturated rings. The third-order valence-corrected chi connectivity index (χ3v) is 4.55. The van der Waals surface area contributed by atoms with Crippen LogP contribution >= 0.6 is 22.7 Å². The van der Waals surface area contributed by atoms with E-state index in [2.05, 4.69) is 27.5 Å². The van der Waals surface area contributed by atoms with Gasteiger partial charge < -0.3 is 10.1 Å². The van der Waals surface area contributed by atoms with E-state index in [-0.39, 0.29) is 12.1 Å². The van der Waals surface area contributed by atoms with Gasteiger partial charge in [0, 0.05) is 17.9 Å². The van der Waals surface area contributed by atoms with Crippen LogP contribution in [0.3, 0.4) is 0 Å². The highest BCUT2D eigenvalue weighted by atomic mass is 32.1. The number of nitrogens with zero attached hydrogens (tertiary/aromatic N) is 2. The first kappa shape index (κ1) is 15.9. The number of thiazole rings is 2. The summed E-state index contributed by atoms with van der Waals surface area (Å²) < 4.78 is 4.99. The molecule has 114 valence electrons. The van der Waals surface area contributed by atoms with Crippen LogP contribution in [0.25, 0.3) is 0 Å². The molecule has 2 amide bonds. The Balaban J connectivity index is 1.88. The number of hydrogen-bond donors (Lipinski definition) is 2. The normalized spacial score (nSPS) is 12.1. The quantitative estimate of drug-likeness (QED) is 0.855. The van der Waals surface area contributed by atoms with Gasteiger partial charge >= 0.3 is 6.03 Å². The van der Waals surface area contributed by atoms with Gasteiger partial charge in [-0.2, -0.15) is 0 Å². The fraction of sp³-hybridized carbons (Fsp3) is 0.462. The summed E-state index contributed by atoms with van der Waals surface area (Å²) in [6.45, 7) is 4.41. The summed E-state index contributed by atoms with van der Waals surface area (Å²) in [4.78, 5) is 20.6. The zero-order valence-corrected chi connectivity index (χ0v) is 13.8. The van der Waals surface area contributed by atoms with Crippen molar-refractivity contribution in [3.63, 3.8) is 0 Å². The number of rotatable bonds is 6. The van der Waals surface area contributed by atoms with Crippen LogP contribution in [-0.4, -0.2) is 23.1 Å². The second-order valence-corrected chi connectivity index (χ2v) is 6.22. The number of carbonyl (C=O) groups is 1. The number of methoxy groups -OCH3 is 1. The predicted octanol–water partition coefficient (Wildman–Crippen LogP) is 3.19. The molecule has 2 aromatic heterocycles. The molecule has 0 spiro atoms. The molecule has 0 bridgehead atoms. The first-order valence-corrected chi connectivity index (χ1v) is 8.33. The molecule has 2 heterocycles. The van der Waals surface area contributed by atoms with Crippen LogP contribution in [0.5, 0.6) is 0 Å². The van der Waals surface area contributed by atoms with Gasteiger partial charge in [0.2, 0.25) is 0 Å². The number of aryl methyl sites for hydroxylation is 1. The number of ether oxygens (including phenoxy) is 1. The summed E-state index contributed by atoms with van der Waals surface area (Å²) in [5.74, 6) is 0. The van der Waals surface area contributed by atoms with Gasteiger partial charge in [-0.1, -0.05) is 6.92 Å². The third-order valence-electron chi connectivity index (χ3n) is 2.73. The van der Waals surface area contributed by atoms with Crippen molar-refractivity contribution >= 4 is 33.8 Å². The van der Waals surface area contributed by atoms with Crippen molar-refractivity contribution in [3.05, 3.63) is 27.2 Å². The second kappa shape index (κ2) is 7.48. The van der Waals surface area contributed by atoms with Crippen LogP contribution in [0.4, 0.5) is 9.93 Å². The van der Waals surface area contributed by atoms with Gasteiger partial charge in [-0.15, -0.1) is 22.7 Å². The highest BCUT2D eigenvalue weighted by Gasteiger charge is 2.13. The topological polar surface area (TPSA) is 76.1 Å². The van der Waals surface area contributed by atoms with E-state index >= 15 is 0 Å². The maximum atomic E-state index is 11.9. The van der Waals surface area contributed by atoms with E-state index in [1.54, 1.807) is 18.4 Å². The van der Waals surface area contributed by atoms with Gasteiger partial charge in [-0.05, 0) is 13.3 Å². The largest absolute Gasteiger partial charge is 0.378 e. The third kappa shape index (κ3) is 4.48. The Labute approximate surface area is 131 Å². The molecule has 0 aliphatic rings. The molecule has 0 unspecified atom stereocenters. The van der Waals surface area contributed by atoms with Crippen molar-refractivity contribution in [1.29, 1.82) is 0 Å². The maximum absolute atomic E-state index is 11.9. The molecule has 2 N–H and O–H groups in total. The van der Waals surface area contributed by atoms with Crippen molar-refractivity contribution in [2.45, 2.75) is 32.9 Å². The average Bonchev–Trinajstić information content (AvgIpc) is 3.08. The lowest BCUT2D eigenvalue weighted by atomic mass is 10.3. The summed E-state index contributed by atoms with van der Waals surface area (Å²) in [5.41, 5.74) is 1.68. The van der Waals surface area contributed by atoms with Crippen LogP contribution in [0.2, 0.25) is 0 Å². The fourth-order valence-corrected chi connectivity index (χ4v) is 3.20. The first-order chi connectivity index (χ1) is 10.1. The minimum absolute atomic E-state index is 0.139. The van der Waals surface area contributed by atoms with Gasteiger partial charge in [0.25, 0.3) is 0 Å². The molecule has 21 heavy (non-hydrogen) atoms. The molecule has 0 aromatic carbocycles. The van der Waals surface area contributed by atoms with E-state index in [1.807, 2.05) is 17.7 Å². The average molecular weight is 326 g/mol. The van der Waals surface area contributed by atoms with Crippen LogP contribution in [0.1, 0.15) is 36.3 Å². The van der Waals surface area contributed by atoms with E-state index in [1.165, 1.54) is 11.3 Å². The Morgan fingerprint density at radius 3 is 2.86 bits per heavy atom. The molecule has 2 aromatic rings. The smallest absolute Gasteiger partial charge is 0.321 e. The van der Waals surface area contributed by atoms with E-state index in [9.17, 15) is 4.79 Å². The van der Waals surface area contributed by atoms with E-state index < -0.39 is 0 Å². The predicted molar refractivity (Wildman–Crippen MR) is 84.9 cm³/mol. The van der Waals surface area contributed by atoms with Crippen molar-refractivity contribution in [2.75, 3.05) is 12.4 Å². The lowest BCUT2D eigenvalue weighted by molar-refractivity contribution is 0.182. The Hall–Kier alpha value is -1.51. The van der Waals surface area contributed by atoms with Gasteiger partial charge in [0.15, 0.2) is 5.13 Å². The van der Waals surface area contributed by atoms with E-state index in [0.29, 0.717) is 11.7 Å². The van der Waals surface area contributed by atoms with Crippen molar-refractivity contribution in [2.24, 2.45) is 0 Å². The monoisotopic (exact) mass is 326 g/mol. The van der Waals surface area contributed by atoms with Crippen LogP contribution in [-0.2, 0) is 17.8 Å². The molecule has 0 saturated heterocycles. The minimum Gasteiger partial charge on any atom is -0.378 e. The SMILES string of the molecule is CCc1nc([C@H](C)NC(=O)Nc2nc(COC)cs2)cs1.